The molecule has 0 saturated carbocycles. The highest BCUT2D eigenvalue weighted by molar-refractivity contribution is 5.49. The largest absolute Gasteiger partial charge is 0.363 e. The fourth-order valence-electron chi connectivity index (χ4n) is 3.37. The Hall–Kier alpha value is -2.48. The summed E-state index contributed by atoms with van der Waals surface area (Å²) >= 11 is 0. The molecule has 27 heavy (non-hydrogen) atoms. The number of aromatic nitrogens is 4. The molecule has 0 aliphatic carbocycles. The smallest absolute Gasteiger partial charge is 0.224 e. The monoisotopic (exact) mass is 370 g/mol. The number of piperidine rings is 1. The van der Waals surface area contributed by atoms with Crippen molar-refractivity contribution in [2.24, 2.45) is 0 Å². The van der Waals surface area contributed by atoms with Gasteiger partial charge < -0.3 is 14.7 Å². The van der Waals surface area contributed by atoms with Crippen molar-refractivity contribution in [3.8, 4) is 0 Å². The van der Waals surface area contributed by atoms with Gasteiger partial charge in [0, 0.05) is 78.4 Å². The average Bonchev–Trinajstić information content (AvgIpc) is 2.68. The van der Waals surface area contributed by atoms with Gasteiger partial charge in [-0.05, 0) is 19.4 Å². The van der Waals surface area contributed by atoms with Gasteiger partial charge in [0.05, 0.1) is 0 Å². The van der Waals surface area contributed by atoms with E-state index < -0.39 is 0 Å². The van der Waals surface area contributed by atoms with E-state index in [1.165, 1.54) is 12.8 Å². The first-order chi connectivity index (χ1) is 12.9. The first kappa shape index (κ1) is 19.3. The number of hydrogen-bond donors (Lipinski definition) is 0. The minimum absolute atomic E-state index is 0.436. The molecule has 0 bridgehead atoms. The highest BCUT2D eigenvalue weighted by Crippen LogP contribution is 2.22. The quantitative estimate of drug-likeness (QED) is 0.758. The van der Waals surface area contributed by atoms with Crippen LogP contribution in [0.1, 0.15) is 18.4 Å². The molecular weight excluding hydrogens is 340 g/mol. The fourth-order valence-corrected chi connectivity index (χ4v) is 3.37. The number of hydrogen-bond acceptors (Lipinski definition) is 8. The molecule has 0 amide bonds. The molecule has 3 rings (SSSR count). The molecule has 2 aromatic rings. The standard InChI is InChI=1S/C19H30N8/c1-24(2)17-9-18(23-14-22-17)26(5)16-7-6-8-27(13-16)12-15-10-20-19(21-11-15)25(3)4/h9-11,14,16H,6-8,12-13H2,1-5H3. The van der Waals surface area contributed by atoms with E-state index in [4.69, 9.17) is 0 Å². The molecule has 0 N–H and O–H groups in total. The molecule has 1 aliphatic heterocycles. The van der Waals surface area contributed by atoms with Crippen LogP contribution in [0.5, 0.6) is 0 Å². The van der Waals surface area contributed by atoms with Gasteiger partial charge in [-0.25, -0.2) is 19.9 Å². The Bertz CT molecular complexity index is 731. The molecular formula is C19H30N8. The molecule has 1 aliphatic rings. The molecule has 1 atom stereocenters. The van der Waals surface area contributed by atoms with Gasteiger partial charge in [-0.2, -0.15) is 0 Å². The summed E-state index contributed by atoms with van der Waals surface area (Å²) in [5.41, 5.74) is 1.15. The van der Waals surface area contributed by atoms with Crippen molar-refractivity contribution < 1.29 is 0 Å². The predicted octanol–water partition coefficient (Wildman–Crippen LogP) is 1.50. The summed E-state index contributed by atoms with van der Waals surface area (Å²) in [5.74, 6) is 2.65. The maximum atomic E-state index is 4.48. The second-order valence-corrected chi connectivity index (χ2v) is 7.56. The molecule has 0 spiro atoms. The van der Waals surface area contributed by atoms with Gasteiger partial charge in [-0.15, -0.1) is 0 Å². The number of anilines is 3. The van der Waals surface area contributed by atoms with E-state index in [9.17, 15) is 0 Å². The minimum atomic E-state index is 0.436. The van der Waals surface area contributed by atoms with Gasteiger partial charge in [0.2, 0.25) is 5.95 Å². The lowest BCUT2D eigenvalue weighted by Crippen LogP contribution is -2.46. The van der Waals surface area contributed by atoms with E-state index in [0.29, 0.717) is 6.04 Å². The maximum absolute atomic E-state index is 4.48. The lowest BCUT2D eigenvalue weighted by atomic mass is 10.0. The topological polar surface area (TPSA) is 64.5 Å². The van der Waals surface area contributed by atoms with E-state index in [1.54, 1.807) is 6.33 Å². The normalized spacial score (nSPS) is 17.6. The van der Waals surface area contributed by atoms with Crippen molar-refractivity contribution in [3.05, 3.63) is 30.4 Å². The van der Waals surface area contributed by atoms with Crippen LogP contribution in [0.4, 0.5) is 17.6 Å². The Morgan fingerprint density at radius 1 is 0.963 bits per heavy atom. The van der Waals surface area contributed by atoms with Crippen LogP contribution in [0.3, 0.4) is 0 Å². The van der Waals surface area contributed by atoms with Crippen LogP contribution in [-0.4, -0.2) is 79.2 Å². The predicted molar refractivity (Wildman–Crippen MR) is 109 cm³/mol. The van der Waals surface area contributed by atoms with Gasteiger partial charge in [0.25, 0.3) is 0 Å². The first-order valence-corrected chi connectivity index (χ1v) is 9.37. The Morgan fingerprint density at radius 3 is 2.33 bits per heavy atom. The van der Waals surface area contributed by atoms with Gasteiger partial charge in [-0.1, -0.05) is 0 Å². The van der Waals surface area contributed by atoms with Crippen LogP contribution >= 0.6 is 0 Å². The molecule has 2 aromatic heterocycles. The van der Waals surface area contributed by atoms with Crippen molar-refractivity contribution in [2.75, 3.05) is 63.0 Å². The van der Waals surface area contributed by atoms with Gasteiger partial charge >= 0.3 is 0 Å². The zero-order valence-electron chi connectivity index (χ0n) is 17.0. The third-order valence-corrected chi connectivity index (χ3v) is 4.98. The van der Waals surface area contributed by atoms with E-state index in [1.807, 2.05) is 56.5 Å². The van der Waals surface area contributed by atoms with E-state index in [-0.39, 0.29) is 0 Å². The minimum Gasteiger partial charge on any atom is -0.363 e. The molecule has 0 radical (unpaired) electrons. The summed E-state index contributed by atoms with van der Waals surface area (Å²) in [5, 5.41) is 0. The van der Waals surface area contributed by atoms with Crippen LogP contribution < -0.4 is 14.7 Å². The van der Waals surface area contributed by atoms with Crippen LogP contribution in [-0.2, 0) is 6.54 Å². The summed E-state index contributed by atoms with van der Waals surface area (Å²) in [4.78, 5) is 26.3. The lowest BCUT2D eigenvalue weighted by molar-refractivity contribution is 0.198. The van der Waals surface area contributed by atoms with Crippen molar-refractivity contribution in [3.63, 3.8) is 0 Å². The molecule has 1 fully saturated rings. The summed E-state index contributed by atoms with van der Waals surface area (Å²) in [6.45, 7) is 2.99. The number of rotatable bonds is 6. The van der Waals surface area contributed by atoms with E-state index in [2.05, 4.69) is 36.8 Å². The van der Waals surface area contributed by atoms with Crippen LogP contribution in [0.15, 0.2) is 24.8 Å². The van der Waals surface area contributed by atoms with E-state index >= 15 is 0 Å². The zero-order valence-corrected chi connectivity index (χ0v) is 17.0. The maximum Gasteiger partial charge on any atom is 0.224 e. The zero-order chi connectivity index (χ0) is 19.4. The SMILES string of the molecule is CN(C)c1cc(N(C)C2CCCN(Cc3cnc(N(C)C)nc3)C2)ncn1. The van der Waals surface area contributed by atoms with Crippen molar-refractivity contribution >= 4 is 17.6 Å². The van der Waals surface area contributed by atoms with Gasteiger partial charge in [0.15, 0.2) is 0 Å². The molecule has 146 valence electrons. The second kappa shape index (κ2) is 8.47. The molecule has 1 saturated heterocycles. The Kier molecular flexibility index (Phi) is 6.05. The summed E-state index contributed by atoms with van der Waals surface area (Å²) < 4.78 is 0. The molecule has 8 heteroatoms. The summed E-state index contributed by atoms with van der Waals surface area (Å²) in [7, 11) is 10.0. The number of likely N-dealkylation sites (tertiary alicyclic amines) is 1. The molecule has 8 nitrogen and oxygen atoms in total. The average molecular weight is 371 g/mol. The molecule has 0 aromatic carbocycles. The third-order valence-electron chi connectivity index (χ3n) is 4.98. The first-order valence-electron chi connectivity index (χ1n) is 9.37. The van der Waals surface area contributed by atoms with Crippen LogP contribution in [0.25, 0.3) is 0 Å². The van der Waals surface area contributed by atoms with Gasteiger partial charge in [0.1, 0.15) is 18.0 Å². The lowest BCUT2D eigenvalue weighted by Gasteiger charge is -2.38. The number of nitrogens with zero attached hydrogens (tertiary/aromatic N) is 8. The molecule has 1 unspecified atom stereocenters. The van der Waals surface area contributed by atoms with Gasteiger partial charge in [-0.3, -0.25) is 4.90 Å². The van der Waals surface area contributed by atoms with Crippen LogP contribution in [0.2, 0.25) is 0 Å². The van der Waals surface area contributed by atoms with E-state index in [0.717, 1.165) is 42.8 Å². The Labute approximate surface area is 161 Å². The highest BCUT2D eigenvalue weighted by Gasteiger charge is 2.24. The van der Waals surface area contributed by atoms with Crippen molar-refractivity contribution in [1.82, 2.24) is 24.8 Å². The Morgan fingerprint density at radius 2 is 1.67 bits per heavy atom. The van der Waals surface area contributed by atoms with Crippen LogP contribution in [0, 0.1) is 0 Å². The molecule has 3 heterocycles. The Balaban J connectivity index is 1.64. The number of likely N-dealkylation sites (N-methyl/N-ethyl adjacent to an activating group) is 1. The third kappa shape index (κ3) is 4.82. The van der Waals surface area contributed by atoms with Crippen molar-refractivity contribution in [1.29, 1.82) is 0 Å². The fraction of sp³-hybridized carbons (Fsp3) is 0.579. The second-order valence-electron chi connectivity index (χ2n) is 7.56. The van der Waals surface area contributed by atoms with Crippen molar-refractivity contribution in [2.45, 2.75) is 25.4 Å². The highest BCUT2D eigenvalue weighted by atomic mass is 15.3. The summed E-state index contributed by atoms with van der Waals surface area (Å²) in [6.07, 6.45) is 7.86. The summed E-state index contributed by atoms with van der Waals surface area (Å²) in [6, 6.07) is 2.48.